The quantitative estimate of drug-likeness (QED) is 0.202. The fourth-order valence-corrected chi connectivity index (χ4v) is 7.21. The molecule has 11 nitrogen and oxygen atoms in total. The molecule has 0 aliphatic heterocycles. The van der Waals surface area contributed by atoms with E-state index in [1.54, 1.807) is 27.3 Å². The van der Waals surface area contributed by atoms with Crippen LogP contribution in [0.2, 0.25) is 0 Å². The van der Waals surface area contributed by atoms with Crippen molar-refractivity contribution in [2.45, 2.75) is 102 Å². The Labute approximate surface area is 319 Å². The van der Waals surface area contributed by atoms with Crippen molar-refractivity contribution in [2.24, 2.45) is 0 Å². The van der Waals surface area contributed by atoms with E-state index in [9.17, 15) is 14.7 Å². The van der Waals surface area contributed by atoms with Crippen LogP contribution in [0.25, 0.3) is 28.3 Å². The monoisotopic (exact) mass is 682 g/mol. The van der Waals surface area contributed by atoms with E-state index in [0.29, 0.717) is 40.0 Å². The van der Waals surface area contributed by atoms with Gasteiger partial charge in [0.1, 0.15) is 12.1 Å². The Morgan fingerprint density at radius 1 is 1.12 bits per heavy atom. The van der Waals surface area contributed by atoms with E-state index in [2.05, 4.69) is 24.7 Å². The molecule has 3 aromatic heterocycles. The van der Waals surface area contributed by atoms with Crippen molar-refractivity contribution in [1.82, 2.24) is 29.3 Å². The number of aromatic nitrogens is 6. The summed E-state index contributed by atoms with van der Waals surface area (Å²) >= 11 is 0. The van der Waals surface area contributed by atoms with Crippen molar-refractivity contribution in [1.29, 1.82) is 0 Å². The average Bonchev–Trinajstić information content (AvgIpc) is 3.72. The van der Waals surface area contributed by atoms with E-state index in [0.717, 1.165) is 57.1 Å². The zero-order valence-electron chi connectivity index (χ0n) is 26.6. The minimum atomic E-state index is -0.723. The predicted octanol–water partition coefficient (Wildman–Crippen LogP) is 4.74. The molecular weight excluding hydrogens is 643 g/mol. The molecule has 2 N–H and O–H groups in total. The summed E-state index contributed by atoms with van der Waals surface area (Å²) in [5.41, 5.74) is 2.63. The molecule has 2 saturated carbocycles. The Balaban J connectivity index is 0.00000401. The van der Waals surface area contributed by atoms with Crippen LogP contribution in [0, 0.1) is 5.82 Å². The third-order valence-electron chi connectivity index (χ3n) is 10.0. The van der Waals surface area contributed by atoms with Crippen LogP contribution in [0.1, 0.15) is 88.1 Å². The van der Waals surface area contributed by atoms with Gasteiger partial charge in [0.25, 0.3) is 5.56 Å². The van der Waals surface area contributed by atoms with E-state index in [1.807, 2.05) is 32.0 Å². The molecule has 0 saturated heterocycles. The second-order valence-corrected chi connectivity index (χ2v) is 13.0. The Morgan fingerprint density at radius 3 is 2.52 bits per heavy atom. The number of ether oxygens (including phenoxy) is 1. The van der Waals surface area contributed by atoms with Crippen LogP contribution in [0.5, 0.6) is 0 Å². The first kappa shape index (κ1) is 35.1. The van der Waals surface area contributed by atoms with Crippen molar-refractivity contribution in [3.8, 4) is 22.5 Å². The summed E-state index contributed by atoms with van der Waals surface area (Å²) in [6, 6.07) is 12.1. The van der Waals surface area contributed by atoms with Gasteiger partial charge in [-0.15, -0.1) is 0 Å². The standard InChI is InChI=1S/C35H39FN6O5.K.H/c1-3-7-30-28(18-23-11-10-22(19-29(23)36)26-8-4-5-9-27(26)31-39-34(44)47-40-31)32(43)41(33-37-20-38-42(30)33)24-12-14-25(15-13-24)46-21(2)35(45)16-6-17-35;;/h4-5,8-11,19-21,24-25,45H,3,6-7,12-18H2,1-2H3,(H,39,40,44);;/t21?,24-,25-;;. The third kappa shape index (κ3) is 6.70. The van der Waals surface area contributed by atoms with Crippen molar-refractivity contribution >= 4 is 57.2 Å². The summed E-state index contributed by atoms with van der Waals surface area (Å²) in [5, 5.41) is 19.0. The summed E-state index contributed by atoms with van der Waals surface area (Å²) in [6.07, 6.45) is 8.32. The van der Waals surface area contributed by atoms with Gasteiger partial charge in [0, 0.05) is 23.6 Å². The fraction of sp³-hybridized carbons (Fsp3) is 0.457. The maximum absolute atomic E-state index is 15.9. The first-order valence-corrected chi connectivity index (χ1v) is 16.5. The van der Waals surface area contributed by atoms with Crippen LogP contribution in [-0.4, -0.2) is 104 Å². The summed E-state index contributed by atoms with van der Waals surface area (Å²) in [4.78, 5) is 33.0. The van der Waals surface area contributed by atoms with Crippen LogP contribution in [0.3, 0.4) is 0 Å². The van der Waals surface area contributed by atoms with Crippen molar-refractivity contribution in [3.63, 3.8) is 0 Å². The summed E-state index contributed by atoms with van der Waals surface area (Å²) in [7, 11) is 0. The fourth-order valence-electron chi connectivity index (χ4n) is 7.21. The molecule has 7 rings (SSSR count). The molecule has 0 bridgehead atoms. The number of aromatic amines is 1. The van der Waals surface area contributed by atoms with Gasteiger partial charge in [0.05, 0.1) is 23.5 Å². The molecule has 0 radical (unpaired) electrons. The molecule has 2 fully saturated rings. The van der Waals surface area contributed by atoms with Crippen LogP contribution in [-0.2, 0) is 17.6 Å². The molecule has 2 aliphatic rings. The molecule has 13 heteroatoms. The number of hydrogen-bond acceptors (Lipinski definition) is 8. The first-order chi connectivity index (χ1) is 22.8. The van der Waals surface area contributed by atoms with Gasteiger partial charge >= 0.3 is 57.1 Å². The predicted molar refractivity (Wildman–Crippen MR) is 180 cm³/mol. The zero-order chi connectivity index (χ0) is 32.7. The number of hydrogen-bond donors (Lipinski definition) is 2. The normalized spacial score (nSPS) is 19.5. The number of fused-ring (bicyclic) bond motifs is 1. The minimum absolute atomic E-state index is 0. The molecule has 0 amide bonds. The molecule has 3 heterocycles. The van der Waals surface area contributed by atoms with Gasteiger partial charge in [-0.1, -0.05) is 54.9 Å². The van der Waals surface area contributed by atoms with Crippen LogP contribution in [0.4, 0.5) is 4.39 Å². The van der Waals surface area contributed by atoms with Gasteiger partial charge in [-0.3, -0.25) is 18.9 Å². The topological polar surface area (TPSA) is 141 Å². The number of halogens is 1. The van der Waals surface area contributed by atoms with E-state index in [1.165, 1.54) is 12.4 Å². The average molecular weight is 683 g/mol. The Hall–Kier alpha value is -2.78. The molecule has 2 aliphatic carbocycles. The summed E-state index contributed by atoms with van der Waals surface area (Å²) in [6.45, 7) is 3.99. The number of nitrogens with one attached hydrogen (secondary N) is 1. The number of nitrogens with zero attached hydrogens (tertiary/aromatic N) is 5. The van der Waals surface area contributed by atoms with E-state index in [-0.39, 0.29) is 87.4 Å². The van der Waals surface area contributed by atoms with Gasteiger partial charge in [-0.05, 0) is 81.0 Å². The molecule has 0 spiro atoms. The third-order valence-corrected chi connectivity index (χ3v) is 10.0. The maximum atomic E-state index is 15.9. The van der Waals surface area contributed by atoms with E-state index < -0.39 is 17.2 Å². The second kappa shape index (κ2) is 14.6. The van der Waals surface area contributed by atoms with Crippen LogP contribution < -0.4 is 11.3 Å². The SMILES string of the molecule is CCCc1c(Cc2ccc(-c3ccccc3-c3noc(=O)[nH]3)cc2F)c(=O)n([C@H]2CC[C@H](OC(C)C3(O)CCC3)CC2)c2ncnn12.[KH]. The molecular formula is C35H40FKN6O5. The Morgan fingerprint density at radius 2 is 1.88 bits per heavy atom. The Kier molecular flexibility index (Phi) is 10.7. The first-order valence-electron chi connectivity index (χ1n) is 16.5. The van der Waals surface area contributed by atoms with Crippen molar-refractivity contribution in [2.75, 3.05) is 0 Å². The second-order valence-electron chi connectivity index (χ2n) is 13.0. The number of benzene rings is 2. The van der Waals surface area contributed by atoms with Gasteiger partial charge < -0.3 is 9.84 Å². The Bertz CT molecular complexity index is 2020. The van der Waals surface area contributed by atoms with Crippen LogP contribution in [0.15, 0.2) is 62.9 Å². The van der Waals surface area contributed by atoms with Crippen molar-refractivity contribution in [3.05, 3.63) is 92.3 Å². The van der Waals surface area contributed by atoms with Gasteiger partial charge in [0.2, 0.25) is 5.78 Å². The van der Waals surface area contributed by atoms with Crippen molar-refractivity contribution < 1.29 is 18.8 Å². The molecule has 1 unspecified atom stereocenters. The van der Waals surface area contributed by atoms with Gasteiger partial charge in [-0.25, -0.2) is 13.7 Å². The molecule has 48 heavy (non-hydrogen) atoms. The number of rotatable bonds is 10. The van der Waals surface area contributed by atoms with E-state index in [4.69, 9.17) is 4.74 Å². The van der Waals surface area contributed by atoms with Gasteiger partial charge in [-0.2, -0.15) is 10.1 Å². The molecule has 2 aromatic carbocycles. The number of aliphatic hydroxyl groups is 1. The number of aryl methyl sites for hydroxylation is 1. The summed E-state index contributed by atoms with van der Waals surface area (Å²) < 4.78 is 30.4. The summed E-state index contributed by atoms with van der Waals surface area (Å²) in [5.74, 6) is -0.361. The van der Waals surface area contributed by atoms with E-state index >= 15 is 4.39 Å². The molecule has 1 atom stereocenters. The zero-order valence-corrected chi connectivity index (χ0v) is 26.6. The van der Waals surface area contributed by atoms with Crippen LogP contribution >= 0.6 is 0 Å². The molecule has 248 valence electrons. The molecule has 5 aromatic rings. The van der Waals surface area contributed by atoms with Gasteiger partial charge in [0.15, 0.2) is 5.82 Å². The number of H-pyrrole nitrogens is 1.